The van der Waals surface area contributed by atoms with E-state index in [0.717, 1.165) is 36.1 Å². The number of nitrogens with one attached hydrogen (secondary N) is 3. The van der Waals surface area contributed by atoms with Crippen LogP contribution in [0, 0.1) is 5.92 Å². The summed E-state index contributed by atoms with van der Waals surface area (Å²) in [6.45, 7) is 7.61. The first-order valence-electron chi connectivity index (χ1n) is 8.32. The van der Waals surface area contributed by atoms with Gasteiger partial charge < -0.3 is 16.0 Å². The van der Waals surface area contributed by atoms with Gasteiger partial charge in [-0.3, -0.25) is 9.79 Å². The second kappa shape index (κ2) is 10.6. The molecule has 0 spiro atoms. The van der Waals surface area contributed by atoms with Crippen molar-refractivity contribution in [3.8, 4) is 0 Å². The fourth-order valence-electron chi connectivity index (χ4n) is 2.25. The van der Waals surface area contributed by atoms with Crippen LogP contribution in [0.4, 0.5) is 5.69 Å². The van der Waals surface area contributed by atoms with Gasteiger partial charge in [-0.15, -0.1) is 0 Å². The average Bonchev–Trinajstić information content (AvgIpc) is 2.49. The van der Waals surface area contributed by atoms with Gasteiger partial charge in [0.25, 0.3) is 0 Å². The van der Waals surface area contributed by atoms with Crippen LogP contribution in [0.1, 0.15) is 45.6 Å². The number of hydrogen-bond donors (Lipinski definition) is 3. The predicted octanol–water partition coefficient (Wildman–Crippen LogP) is 3.14. The molecule has 0 bridgehead atoms. The highest BCUT2D eigenvalue weighted by Gasteiger charge is 2.01. The number of carbonyl (C=O) groups excluding carboxylic acids is 1. The third-order valence-corrected chi connectivity index (χ3v) is 3.43. The molecule has 0 saturated carbocycles. The number of guanidine groups is 1. The molecule has 5 heteroatoms. The van der Waals surface area contributed by atoms with Gasteiger partial charge in [-0.2, -0.15) is 0 Å². The number of hydrogen-bond acceptors (Lipinski definition) is 2. The number of carbonyl (C=O) groups is 1. The van der Waals surface area contributed by atoms with E-state index >= 15 is 0 Å². The summed E-state index contributed by atoms with van der Waals surface area (Å²) in [5.41, 5.74) is 1.91. The fourth-order valence-corrected chi connectivity index (χ4v) is 2.25. The van der Waals surface area contributed by atoms with Crippen LogP contribution >= 0.6 is 0 Å². The Bertz CT molecular complexity index is 511. The molecule has 1 aromatic rings. The molecule has 0 aliphatic heterocycles. The van der Waals surface area contributed by atoms with Crippen LogP contribution < -0.4 is 16.0 Å². The van der Waals surface area contributed by atoms with Crippen molar-refractivity contribution in [2.75, 3.05) is 18.9 Å². The van der Waals surface area contributed by atoms with E-state index in [2.05, 4.69) is 34.8 Å². The lowest BCUT2D eigenvalue weighted by Crippen LogP contribution is -2.37. The number of rotatable bonds is 8. The molecular formula is C18H30N4O. The Morgan fingerprint density at radius 2 is 2.00 bits per heavy atom. The molecule has 0 saturated heterocycles. The maximum Gasteiger partial charge on any atom is 0.221 e. The number of nitrogens with zero attached hydrogens (tertiary/aromatic N) is 1. The zero-order valence-electron chi connectivity index (χ0n) is 14.8. The van der Waals surface area contributed by atoms with Crippen molar-refractivity contribution in [3.63, 3.8) is 0 Å². The van der Waals surface area contributed by atoms with Crippen LogP contribution in [0.25, 0.3) is 0 Å². The number of benzene rings is 1. The lowest BCUT2D eigenvalue weighted by molar-refractivity contribution is -0.114. The Balaban J connectivity index is 2.35. The van der Waals surface area contributed by atoms with Crippen molar-refractivity contribution in [1.29, 1.82) is 0 Å². The normalized spacial score (nSPS) is 11.4. The van der Waals surface area contributed by atoms with Crippen molar-refractivity contribution in [1.82, 2.24) is 10.6 Å². The third-order valence-electron chi connectivity index (χ3n) is 3.43. The summed E-state index contributed by atoms with van der Waals surface area (Å²) in [6, 6.07) is 7.80. The topological polar surface area (TPSA) is 65.5 Å². The monoisotopic (exact) mass is 318 g/mol. The van der Waals surface area contributed by atoms with E-state index in [1.165, 1.54) is 19.8 Å². The Hall–Kier alpha value is -2.04. The van der Waals surface area contributed by atoms with Crippen molar-refractivity contribution in [3.05, 3.63) is 29.8 Å². The Labute approximate surface area is 140 Å². The van der Waals surface area contributed by atoms with E-state index in [4.69, 9.17) is 0 Å². The van der Waals surface area contributed by atoms with Gasteiger partial charge in [-0.05, 0) is 30.0 Å². The van der Waals surface area contributed by atoms with Crippen LogP contribution in [0.5, 0.6) is 0 Å². The van der Waals surface area contributed by atoms with Crippen LogP contribution in [-0.4, -0.2) is 25.5 Å². The van der Waals surface area contributed by atoms with Crippen molar-refractivity contribution < 1.29 is 4.79 Å². The molecule has 5 nitrogen and oxygen atoms in total. The maximum absolute atomic E-state index is 11.1. The highest BCUT2D eigenvalue weighted by Crippen LogP contribution is 2.10. The lowest BCUT2D eigenvalue weighted by Gasteiger charge is -2.13. The van der Waals surface area contributed by atoms with Gasteiger partial charge in [0.15, 0.2) is 5.96 Å². The SMILES string of the molecule is CN=C(NCCCCC(C)C)NCc1cccc(NC(C)=O)c1. The fraction of sp³-hybridized carbons (Fsp3) is 0.556. The summed E-state index contributed by atoms with van der Waals surface area (Å²) < 4.78 is 0. The van der Waals surface area contributed by atoms with E-state index in [1.54, 1.807) is 7.05 Å². The Morgan fingerprint density at radius 1 is 1.22 bits per heavy atom. The summed E-state index contributed by atoms with van der Waals surface area (Å²) >= 11 is 0. The molecule has 1 aromatic carbocycles. The average molecular weight is 318 g/mol. The molecule has 0 aliphatic rings. The molecule has 1 rings (SSSR count). The number of aliphatic imine (C=N–C) groups is 1. The smallest absolute Gasteiger partial charge is 0.221 e. The lowest BCUT2D eigenvalue weighted by atomic mass is 10.1. The van der Waals surface area contributed by atoms with E-state index in [1.807, 2.05) is 24.3 Å². The predicted molar refractivity (Wildman–Crippen MR) is 97.6 cm³/mol. The standard InChI is InChI=1S/C18H30N4O/c1-14(2)8-5-6-11-20-18(19-4)21-13-16-9-7-10-17(12-16)22-15(3)23/h7,9-10,12,14H,5-6,8,11,13H2,1-4H3,(H,22,23)(H2,19,20,21). The summed E-state index contributed by atoms with van der Waals surface area (Å²) in [5.74, 6) is 1.51. The van der Waals surface area contributed by atoms with Crippen molar-refractivity contribution in [2.45, 2.75) is 46.6 Å². The van der Waals surface area contributed by atoms with Crippen molar-refractivity contribution >= 4 is 17.6 Å². The first-order chi connectivity index (χ1) is 11.0. The molecule has 0 atom stereocenters. The summed E-state index contributed by atoms with van der Waals surface area (Å²) in [4.78, 5) is 15.3. The van der Waals surface area contributed by atoms with Gasteiger partial charge in [0.2, 0.25) is 5.91 Å². The summed E-state index contributed by atoms with van der Waals surface area (Å²) in [6.07, 6.45) is 3.65. The van der Waals surface area contributed by atoms with Crippen LogP contribution in [0.2, 0.25) is 0 Å². The molecule has 0 radical (unpaired) electrons. The molecule has 128 valence electrons. The first kappa shape index (κ1) is 19.0. The number of amides is 1. The molecule has 0 fully saturated rings. The van der Waals surface area contributed by atoms with E-state index in [0.29, 0.717) is 6.54 Å². The highest BCUT2D eigenvalue weighted by molar-refractivity contribution is 5.88. The van der Waals surface area contributed by atoms with Gasteiger partial charge >= 0.3 is 0 Å². The number of unbranched alkanes of at least 4 members (excludes halogenated alkanes) is 1. The Morgan fingerprint density at radius 3 is 2.65 bits per heavy atom. The van der Waals surface area contributed by atoms with E-state index in [-0.39, 0.29) is 5.91 Å². The van der Waals surface area contributed by atoms with Crippen LogP contribution in [-0.2, 0) is 11.3 Å². The second-order valence-corrected chi connectivity index (χ2v) is 6.12. The van der Waals surface area contributed by atoms with Gasteiger partial charge in [-0.25, -0.2) is 0 Å². The first-order valence-corrected chi connectivity index (χ1v) is 8.32. The van der Waals surface area contributed by atoms with Gasteiger partial charge in [0, 0.05) is 32.7 Å². The molecule has 3 N–H and O–H groups in total. The minimum absolute atomic E-state index is 0.0611. The largest absolute Gasteiger partial charge is 0.356 e. The van der Waals surface area contributed by atoms with E-state index < -0.39 is 0 Å². The Kier molecular flexibility index (Phi) is 8.80. The molecule has 0 heterocycles. The quantitative estimate of drug-likeness (QED) is 0.392. The van der Waals surface area contributed by atoms with Crippen molar-refractivity contribution in [2.24, 2.45) is 10.9 Å². The molecule has 1 amide bonds. The van der Waals surface area contributed by atoms with Gasteiger partial charge in [0.1, 0.15) is 0 Å². The molecule has 0 aliphatic carbocycles. The van der Waals surface area contributed by atoms with E-state index in [9.17, 15) is 4.79 Å². The molecule has 0 aromatic heterocycles. The van der Waals surface area contributed by atoms with Crippen LogP contribution in [0.3, 0.4) is 0 Å². The zero-order chi connectivity index (χ0) is 17.1. The maximum atomic E-state index is 11.1. The second-order valence-electron chi connectivity index (χ2n) is 6.12. The minimum Gasteiger partial charge on any atom is -0.356 e. The van der Waals surface area contributed by atoms with Gasteiger partial charge in [0.05, 0.1) is 0 Å². The molecule has 23 heavy (non-hydrogen) atoms. The molecule has 0 unspecified atom stereocenters. The zero-order valence-corrected chi connectivity index (χ0v) is 14.8. The minimum atomic E-state index is -0.0611. The highest BCUT2D eigenvalue weighted by atomic mass is 16.1. The third kappa shape index (κ3) is 8.86. The van der Waals surface area contributed by atoms with Crippen LogP contribution in [0.15, 0.2) is 29.3 Å². The number of anilines is 1. The summed E-state index contributed by atoms with van der Waals surface area (Å²) in [7, 11) is 1.77. The molecular weight excluding hydrogens is 288 g/mol. The van der Waals surface area contributed by atoms with Gasteiger partial charge in [-0.1, -0.05) is 38.8 Å². The summed E-state index contributed by atoms with van der Waals surface area (Å²) in [5, 5.41) is 9.41.